The summed E-state index contributed by atoms with van der Waals surface area (Å²) in [5.41, 5.74) is 1.40. The molecular formula is C10H17FS. The quantitative estimate of drug-likeness (QED) is 0.645. The van der Waals surface area contributed by atoms with Gasteiger partial charge in [-0.2, -0.15) is 0 Å². The summed E-state index contributed by atoms with van der Waals surface area (Å²) in [6, 6.07) is 0. The fourth-order valence-corrected chi connectivity index (χ4v) is 3.21. The molecule has 12 heavy (non-hydrogen) atoms. The Kier molecular flexibility index (Phi) is 3.39. The molecule has 1 heterocycles. The minimum absolute atomic E-state index is 0.182. The highest BCUT2D eigenvalue weighted by Gasteiger charge is 2.13. The van der Waals surface area contributed by atoms with Crippen molar-refractivity contribution >= 4 is 10.9 Å². The molecule has 1 aliphatic rings. The predicted octanol–water partition coefficient (Wildman–Crippen LogP) is 3.41. The van der Waals surface area contributed by atoms with E-state index in [2.05, 4.69) is 32.3 Å². The van der Waals surface area contributed by atoms with E-state index in [0.717, 1.165) is 0 Å². The highest BCUT2D eigenvalue weighted by Crippen LogP contribution is 2.44. The fraction of sp³-hybridized carbons (Fsp3) is 0.600. The van der Waals surface area contributed by atoms with E-state index in [1.807, 2.05) is 0 Å². The standard InChI is InChI=1S/C10H17FS/c1-8(2)10-6-9(3)12(7-10)5-4-11/h6-8,12H,4-5H2,1-3H3. The van der Waals surface area contributed by atoms with Gasteiger partial charge in [0.05, 0.1) is 6.67 Å². The van der Waals surface area contributed by atoms with Crippen LogP contribution in [0, 0.1) is 5.92 Å². The Bertz CT molecular complexity index is 216. The number of alkyl halides is 1. The van der Waals surface area contributed by atoms with E-state index in [0.29, 0.717) is 11.7 Å². The molecule has 0 aromatic heterocycles. The van der Waals surface area contributed by atoms with Crippen molar-refractivity contribution in [2.24, 2.45) is 5.92 Å². The van der Waals surface area contributed by atoms with Crippen LogP contribution in [0.25, 0.3) is 0 Å². The maximum Gasteiger partial charge on any atom is 0.0973 e. The highest BCUT2D eigenvalue weighted by atomic mass is 32.2. The molecule has 0 amide bonds. The average Bonchev–Trinajstić information content (AvgIpc) is 2.34. The molecule has 0 aromatic rings. The van der Waals surface area contributed by atoms with Crippen LogP contribution in [-0.4, -0.2) is 12.4 Å². The van der Waals surface area contributed by atoms with E-state index in [4.69, 9.17) is 0 Å². The molecule has 1 rings (SSSR count). The molecule has 0 aliphatic carbocycles. The first kappa shape index (κ1) is 9.85. The lowest BCUT2D eigenvalue weighted by molar-refractivity contribution is 0.532. The van der Waals surface area contributed by atoms with Crippen LogP contribution < -0.4 is 0 Å². The number of allylic oxidation sites excluding steroid dienone is 3. The van der Waals surface area contributed by atoms with Crippen molar-refractivity contribution in [1.82, 2.24) is 0 Å². The lowest BCUT2D eigenvalue weighted by atomic mass is 10.1. The van der Waals surface area contributed by atoms with Gasteiger partial charge in [-0.3, -0.25) is 4.39 Å². The first-order valence-corrected chi connectivity index (χ1v) is 5.97. The van der Waals surface area contributed by atoms with Crippen molar-refractivity contribution in [3.63, 3.8) is 0 Å². The van der Waals surface area contributed by atoms with Gasteiger partial charge in [0, 0.05) is 5.75 Å². The molecule has 1 aliphatic heterocycles. The van der Waals surface area contributed by atoms with Gasteiger partial charge in [0.1, 0.15) is 0 Å². The predicted molar refractivity (Wildman–Crippen MR) is 56.5 cm³/mol. The van der Waals surface area contributed by atoms with Crippen LogP contribution in [0.15, 0.2) is 22.0 Å². The summed E-state index contributed by atoms with van der Waals surface area (Å²) in [4.78, 5) is 1.38. The second-order valence-electron chi connectivity index (χ2n) is 3.45. The Labute approximate surface area is 76.9 Å². The van der Waals surface area contributed by atoms with Crippen LogP contribution in [0.4, 0.5) is 4.39 Å². The lowest BCUT2D eigenvalue weighted by Crippen LogP contribution is -1.87. The Morgan fingerprint density at radius 1 is 1.50 bits per heavy atom. The topological polar surface area (TPSA) is 0 Å². The Morgan fingerprint density at radius 2 is 2.17 bits per heavy atom. The molecule has 0 fully saturated rings. The van der Waals surface area contributed by atoms with Crippen molar-refractivity contribution in [2.45, 2.75) is 20.8 Å². The molecular weight excluding hydrogens is 171 g/mol. The maximum atomic E-state index is 12.1. The number of rotatable bonds is 3. The molecule has 0 radical (unpaired) electrons. The molecule has 0 aromatic carbocycles. The molecule has 0 N–H and O–H groups in total. The Morgan fingerprint density at radius 3 is 2.58 bits per heavy atom. The van der Waals surface area contributed by atoms with Crippen LogP contribution in [0.1, 0.15) is 20.8 Å². The summed E-state index contributed by atoms with van der Waals surface area (Å²) < 4.78 is 12.1. The third-order valence-corrected chi connectivity index (χ3v) is 4.42. The molecule has 2 heteroatoms. The smallest absolute Gasteiger partial charge is 0.0973 e. The number of halogens is 1. The maximum absolute atomic E-state index is 12.1. The molecule has 0 nitrogen and oxygen atoms in total. The second-order valence-corrected chi connectivity index (χ2v) is 5.80. The SMILES string of the molecule is CC1=CC(C(C)C)=C[SH]1CCF. The Hall–Kier alpha value is -0.240. The van der Waals surface area contributed by atoms with Gasteiger partial charge in [-0.1, -0.05) is 19.9 Å². The third-order valence-electron chi connectivity index (χ3n) is 2.13. The molecule has 1 atom stereocenters. The zero-order valence-corrected chi connectivity index (χ0v) is 8.87. The zero-order chi connectivity index (χ0) is 9.14. The summed E-state index contributed by atoms with van der Waals surface area (Å²) in [6.45, 7) is 6.31. The van der Waals surface area contributed by atoms with E-state index < -0.39 is 0 Å². The van der Waals surface area contributed by atoms with Gasteiger partial charge < -0.3 is 0 Å². The summed E-state index contributed by atoms with van der Waals surface area (Å²) in [5.74, 6) is 1.31. The van der Waals surface area contributed by atoms with Gasteiger partial charge in [-0.25, -0.2) is 10.9 Å². The highest BCUT2D eigenvalue weighted by molar-refractivity contribution is 8.23. The number of hydrogen-bond donors (Lipinski definition) is 1. The van der Waals surface area contributed by atoms with Gasteiger partial charge in [0.2, 0.25) is 0 Å². The van der Waals surface area contributed by atoms with Crippen molar-refractivity contribution in [3.05, 3.63) is 22.0 Å². The van der Waals surface area contributed by atoms with Crippen LogP contribution in [0.5, 0.6) is 0 Å². The van der Waals surface area contributed by atoms with E-state index in [1.165, 1.54) is 10.5 Å². The fourth-order valence-electron chi connectivity index (χ4n) is 1.29. The Balaban J connectivity index is 2.65. The third kappa shape index (κ3) is 2.13. The molecule has 70 valence electrons. The second kappa shape index (κ2) is 4.13. The first-order chi connectivity index (χ1) is 5.65. The van der Waals surface area contributed by atoms with Crippen LogP contribution in [0.3, 0.4) is 0 Å². The van der Waals surface area contributed by atoms with Gasteiger partial charge in [0.25, 0.3) is 0 Å². The number of hydrogen-bond acceptors (Lipinski definition) is 0. The molecule has 0 bridgehead atoms. The van der Waals surface area contributed by atoms with E-state index in [-0.39, 0.29) is 17.6 Å². The minimum atomic E-state index is -0.254. The van der Waals surface area contributed by atoms with Gasteiger partial charge in [-0.15, -0.1) is 0 Å². The minimum Gasteiger partial charge on any atom is -0.250 e. The van der Waals surface area contributed by atoms with Gasteiger partial charge in [0.15, 0.2) is 0 Å². The van der Waals surface area contributed by atoms with Crippen LogP contribution >= 0.6 is 10.9 Å². The van der Waals surface area contributed by atoms with Crippen LogP contribution in [0.2, 0.25) is 0 Å². The number of thiol groups is 1. The van der Waals surface area contributed by atoms with Crippen molar-refractivity contribution in [2.75, 3.05) is 12.4 Å². The molecule has 0 saturated heterocycles. The van der Waals surface area contributed by atoms with Gasteiger partial charge in [-0.05, 0) is 28.7 Å². The zero-order valence-electron chi connectivity index (χ0n) is 7.97. The normalized spacial score (nSPS) is 25.9. The van der Waals surface area contributed by atoms with Crippen molar-refractivity contribution in [3.8, 4) is 0 Å². The summed E-state index contributed by atoms with van der Waals surface area (Å²) in [7, 11) is -0.254. The van der Waals surface area contributed by atoms with Crippen molar-refractivity contribution < 1.29 is 4.39 Å². The first-order valence-electron chi connectivity index (χ1n) is 4.37. The molecule has 1 unspecified atom stereocenters. The van der Waals surface area contributed by atoms with Gasteiger partial charge >= 0.3 is 0 Å². The lowest BCUT2D eigenvalue weighted by Gasteiger charge is -2.11. The van der Waals surface area contributed by atoms with E-state index in [1.54, 1.807) is 0 Å². The summed E-state index contributed by atoms with van der Waals surface area (Å²) in [5, 5.41) is 2.27. The van der Waals surface area contributed by atoms with Crippen LogP contribution in [-0.2, 0) is 0 Å². The molecule has 0 saturated carbocycles. The van der Waals surface area contributed by atoms with E-state index >= 15 is 0 Å². The monoisotopic (exact) mass is 188 g/mol. The van der Waals surface area contributed by atoms with E-state index in [9.17, 15) is 4.39 Å². The largest absolute Gasteiger partial charge is 0.250 e. The molecule has 0 spiro atoms. The van der Waals surface area contributed by atoms with Crippen molar-refractivity contribution in [1.29, 1.82) is 0 Å². The summed E-state index contributed by atoms with van der Waals surface area (Å²) >= 11 is 0. The summed E-state index contributed by atoms with van der Waals surface area (Å²) in [6.07, 6.45) is 2.23. The average molecular weight is 188 g/mol.